The lowest BCUT2D eigenvalue weighted by molar-refractivity contribution is 0.0627. The van der Waals surface area contributed by atoms with Gasteiger partial charge in [-0.2, -0.15) is 0 Å². The highest BCUT2D eigenvalue weighted by molar-refractivity contribution is 7.92. The quantitative estimate of drug-likeness (QED) is 0.551. The normalized spacial score (nSPS) is 19.2. The average Bonchev–Trinajstić information content (AvgIpc) is 3.51. The van der Waals surface area contributed by atoms with E-state index in [9.17, 15) is 13.2 Å². The minimum Gasteiger partial charge on any atom is -0.462 e. The third-order valence-corrected chi connectivity index (χ3v) is 8.34. The number of carbonyl (C=O) groups excluding carboxylic acids is 1. The molecule has 1 unspecified atom stereocenters. The van der Waals surface area contributed by atoms with Crippen LogP contribution in [0.2, 0.25) is 0 Å². The summed E-state index contributed by atoms with van der Waals surface area (Å²) in [6, 6.07) is 9.00. The van der Waals surface area contributed by atoms with Crippen molar-refractivity contribution in [3.63, 3.8) is 0 Å². The maximum atomic E-state index is 13.1. The van der Waals surface area contributed by atoms with E-state index in [2.05, 4.69) is 15.3 Å². The molecule has 1 fully saturated rings. The molecular formula is C23H26N4O4S2. The number of aromatic nitrogens is 1. The number of thiazole rings is 1. The van der Waals surface area contributed by atoms with Crippen LogP contribution in [0.3, 0.4) is 0 Å². The number of sulfonamides is 1. The highest BCUT2D eigenvalue weighted by atomic mass is 32.2. The lowest BCUT2D eigenvalue weighted by Crippen LogP contribution is -2.48. The third-order valence-electron chi connectivity index (χ3n) is 6.17. The molecule has 1 aromatic carbocycles. The van der Waals surface area contributed by atoms with Crippen molar-refractivity contribution < 1.29 is 17.6 Å². The molecule has 2 aliphatic rings. The third kappa shape index (κ3) is 4.42. The number of anilines is 1. The first-order valence-corrected chi connectivity index (χ1v) is 13.6. The van der Waals surface area contributed by atoms with Crippen LogP contribution in [0.5, 0.6) is 0 Å². The van der Waals surface area contributed by atoms with Crippen molar-refractivity contribution in [2.75, 3.05) is 36.7 Å². The molecular weight excluding hydrogens is 460 g/mol. The fraction of sp³-hybridized carbons (Fsp3) is 0.391. The molecule has 174 valence electrons. The molecule has 10 heteroatoms. The van der Waals surface area contributed by atoms with E-state index in [1.165, 1.54) is 10.6 Å². The van der Waals surface area contributed by atoms with Crippen LogP contribution in [0.4, 0.5) is 5.69 Å². The summed E-state index contributed by atoms with van der Waals surface area (Å²) in [7, 11) is -3.34. The van der Waals surface area contributed by atoms with Gasteiger partial charge in [0.1, 0.15) is 0 Å². The Morgan fingerprint density at radius 2 is 2.00 bits per heavy atom. The molecule has 0 bridgehead atoms. The second kappa shape index (κ2) is 8.58. The van der Waals surface area contributed by atoms with Crippen LogP contribution in [0, 0.1) is 0 Å². The summed E-state index contributed by atoms with van der Waals surface area (Å²) >= 11 is 1.57. The number of carbonyl (C=O) groups is 1. The molecule has 1 atom stereocenters. The molecule has 4 heterocycles. The van der Waals surface area contributed by atoms with Gasteiger partial charge in [0.2, 0.25) is 10.0 Å². The topological polar surface area (TPSA) is 87.0 Å². The molecule has 0 spiro atoms. The molecule has 0 aliphatic carbocycles. The highest BCUT2D eigenvalue weighted by Crippen LogP contribution is 2.35. The Morgan fingerprint density at radius 3 is 2.70 bits per heavy atom. The number of benzene rings is 1. The highest BCUT2D eigenvalue weighted by Gasteiger charge is 2.33. The molecule has 2 aromatic heterocycles. The number of furan rings is 1. The van der Waals surface area contributed by atoms with E-state index in [4.69, 9.17) is 4.42 Å². The molecule has 8 nitrogen and oxygen atoms in total. The number of hydrogen-bond acceptors (Lipinski definition) is 7. The fourth-order valence-electron chi connectivity index (χ4n) is 4.65. The lowest BCUT2D eigenvalue weighted by atomic mass is 10.1. The second-order valence-corrected chi connectivity index (χ2v) is 11.4. The van der Waals surface area contributed by atoms with Crippen molar-refractivity contribution >= 4 is 33.0 Å². The Bertz CT molecular complexity index is 1260. The summed E-state index contributed by atoms with van der Waals surface area (Å²) < 4.78 is 31.1. The van der Waals surface area contributed by atoms with E-state index in [1.807, 2.05) is 30.0 Å². The van der Waals surface area contributed by atoms with Gasteiger partial charge in [-0.05, 0) is 49.2 Å². The van der Waals surface area contributed by atoms with Crippen LogP contribution in [-0.4, -0.2) is 67.6 Å². The van der Waals surface area contributed by atoms with Crippen LogP contribution in [0.1, 0.15) is 28.5 Å². The van der Waals surface area contributed by atoms with E-state index >= 15 is 0 Å². The van der Waals surface area contributed by atoms with Crippen LogP contribution in [-0.2, 0) is 23.0 Å². The SMILES string of the molecule is CC1Cc2cc(C(=O)N3CCN(Cc4csc(-c5ccco5)n4)CC3)ccc2N1S(C)(=O)=O. The summed E-state index contributed by atoms with van der Waals surface area (Å²) in [6.45, 7) is 5.50. The Morgan fingerprint density at radius 1 is 1.21 bits per heavy atom. The predicted octanol–water partition coefficient (Wildman–Crippen LogP) is 3.07. The first-order valence-electron chi connectivity index (χ1n) is 10.9. The van der Waals surface area contributed by atoms with E-state index in [0.29, 0.717) is 30.8 Å². The minimum atomic E-state index is -3.34. The van der Waals surface area contributed by atoms with Crippen molar-refractivity contribution in [2.45, 2.75) is 25.9 Å². The predicted molar refractivity (Wildman–Crippen MR) is 128 cm³/mol. The molecule has 1 amide bonds. The second-order valence-electron chi connectivity index (χ2n) is 8.65. The van der Waals surface area contributed by atoms with E-state index in [1.54, 1.807) is 29.7 Å². The van der Waals surface area contributed by atoms with Gasteiger partial charge < -0.3 is 9.32 Å². The monoisotopic (exact) mass is 486 g/mol. The fourth-order valence-corrected chi connectivity index (χ4v) is 6.70. The molecule has 1 saturated heterocycles. The minimum absolute atomic E-state index is 0.00308. The molecule has 5 rings (SSSR count). The zero-order valence-corrected chi connectivity index (χ0v) is 20.2. The van der Waals surface area contributed by atoms with E-state index in [-0.39, 0.29) is 11.9 Å². The van der Waals surface area contributed by atoms with Gasteiger partial charge in [-0.15, -0.1) is 11.3 Å². The summed E-state index contributed by atoms with van der Waals surface area (Å²) in [5, 5.41) is 2.94. The molecule has 2 aliphatic heterocycles. The zero-order valence-electron chi connectivity index (χ0n) is 18.6. The number of fused-ring (bicyclic) bond motifs is 1. The number of amides is 1. The smallest absolute Gasteiger partial charge is 0.253 e. The molecule has 33 heavy (non-hydrogen) atoms. The van der Waals surface area contributed by atoms with Gasteiger partial charge in [0.15, 0.2) is 10.8 Å². The lowest BCUT2D eigenvalue weighted by Gasteiger charge is -2.34. The van der Waals surface area contributed by atoms with Crippen molar-refractivity contribution in [1.29, 1.82) is 0 Å². The van der Waals surface area contributed by atoms with Gasteiger partial charge >= 0.3 is 0 Å². The summed E-state index contributed by atoms with van der Waals surface area (Å²) in [4.78, 5) is 22.0. The number of nitrogens with zero attached hydrogens (tertiary/aromatic N) is 4. The van der Waals surface area contributed by atoms with E-state index < -0.39 is 10.0 Å². The number of piperazine rings is 1. The largest absolute Gasteiger partial charge is 0.462 e. The van der Waals surface area contributed by atoms with Crippen molar-refractivity contribution in [3.05, 3.63) is 58.8 Å². The summed E-state index contributed by atoms with van der Waals surface area (Å²) in [5.41, 5.74) is 3.22. The zero-order chi connectivity index (χ0) is 23.2. The van der Waals surface area contributed by atoms with E-state index in [0.717, 1.165) is 41.7 Å². The summed E-state index contributed by atoms with van der Waals surface area (Å²) in [6.07, 6.45) is 3.49. The Labute approximate surface area is 197 Å². The van der Waals surface area contributed by atoms with Gasteiger partial charge in [-0.25, -0.2) is 13.4 Å². The maximum absolute atomic E-state index is 13.1. The first kappa shape index (κ1) is 22.1. The van der Waals surface area contributed by atoms with Crippen molar-refractivity contribution in [1.82, 2.24) is 14.8 Å². The molecule has 0 radical (unpaired) electrons. The van der Waals surface area contributed by atoms with Gasteiger partial charge in [-0.3, -0.25) is 14.0 Å². The average molecular weight is 487 g/mol. The van der Waals surface area contributed by atoms with Gasteiger partial charge in [0.25, 0.3) is 5.91 Å². The number of rotatable bonds is 5. The van der Waals surface area contributed by atoms with Gasteiger partial charge in [0, 0.05) is 49.7 Å². The van der Waals surface area contributed by atoms with Crippen molar-refractivity contribution in [2.24, 2.45) is 0 Å². The van der Waals surface area contributed by atoms with Gasteiger partial charge in [0.05, 0.1) is 23.9 Å². The van der Waals surface area contributed by atoms with Crippen LogP contribution in [0.25, 0.3) is 10.8 Å². The number of hydrogen-bond donors (Lipinski definition) is 0. The molecule has 0 N–H and O–H groups in total. The standard InChI is InChI=1S/C23H26N4O4S2/c1-16-12-18-13-17(5-6-20(18)27(16)33(2,29)30)23(28)26-9-7-25(8-10-26)14-19-15-32-22(24-19)21-4-3-11-31-21/h3-6,11,13,15-16H,7-10,12,14H2,1-2H3. The first-order chi connectivity index (χ1) is 15.8. The summed E-state index contributed by atoms with van der Waals surface area (Å²) in [5.74, 6) is 0.779. The Balaban J connectivity index is 1.20. The Hall–Kier alpha value is -2.69. The van der Waals surface area contributed by atoms with Crippen molar-refractivity contribution in [3.8, 4) is 10.8 Å². The van der Waals surface area contributed by atoms with Crippen LogP contribution < -0.4 is 4.31 Å². The van der Waals surface area contributed by atoms with Crippen LogP contribution in [0.15, 0.2) is 46.4 Å². The molecule has 3 aromatic rings. The Kier molecular flexibility index (Phi) is 5.75. The maximum Gasteiger partial charge on any atom is 0.253 e. The molecule has 0 saturated carbocycles. The van der Waals surface area contributed by atoms with Crippen LogP contribution >= 0.6 is 11.3 Å². The van der Waals surface area contributed by atoms with Gasteiger partial charge in [-0.1, -0.05) is 0 Å².